The van der Waals surface area contributed by atoms with Gasteiger partial charge in [-0.1, -0.05) is 6.08 Å². The van der Waals surface area contributed by atoms with Crippen LogP contribution in [0.15, 0.2) is 30.9 Å². The predicted molar refractivity (Wildman–Crippen MR) is 65.4 cm³/mol. The molecule has 1 aliphatic heterocycles. The highest BCUT2D eigenvalue weighted by molar-refractivity contribution is 6.02. The molecule has 1 aromatic rings. The van der Waals surface area contributed by atoms with Crippen molar-refractivity contribution in [2.24, 2.45) is 0 Å². The molecule has 0 fully saturated rings. The van der Waals surface area contributed by atoms with Gasteiger partial charge in [0.2, 0.25) is 0 Å². The smallest absolute Gasteiger partial charge is 0.270 e. The number of fused-ring (bicyclic) bond motifs is 1. The molecule has 1 amide bonds. The first-order valence-electron chi connectivity index (χ1n) is 5.40. The Balaban J connectivity index is 2.54. The van der Waals surface area contributed by atoms with Gasteiger partial charge in [-0.25, -0.2) is 0 Å². The highest BCUT2D eigenvalue weighted by Crippen LogP contribution is 2.39. The second-order valence-electron chi connectivity index (χ2n) is 4.47. The maximum absolute atomic E-state index is 12.2. The van der Waals surface area contributed by atoms with Crippen LogP contribution in [0.5, 0.6) is 11.5 Å². The van der Waals surface area contributed by atoms with E-state index in [0.29, 0.717) is 18.0 Å². The molecule has 4 heteroatoms. The van der Waals surface area contributed by atoms with E-state index in [2.05, 4.69) is 6.58 Å². The van der Waals surface area contributed by atoms with Gasteiger partial charge in [0.25, 0.3) is 5.91 Å². The maximum atomic E-state index is 12.2. The van der Waals surface area contributed by atoms with Crippen molar-refractivity contribution in [1.29, 1.82) is 0 Å². The molecule has 0 aromatic heterocycles. The fraction of sp³-hybridized carbons (Fsp3) is 0.308. The quantitative estimate of drug-likeness (QED) is 0.796. The number of carbonyl (C=O) groups excluding carboxylic acids is 1. The van der Waals surface area contributed by atoms with Crippen molar-refractivity contribution in [3.8, 4) is 11.5 Å². The molecule has 0 radical (unpaired) electrons. The van der Waals surface area contributed by atoms with Crippen LogP contribution in [0, 0.1) is 0 Å². The van der Waals surface area contributed by atoms with E-state index in [9.17, 15) is 9.90 Å². The van der Waals surface area contributed by atoms with Crippen molar-refractivity contribution in [3.05, 3.63) is 30.9 Å². The summed E-state index contributed by atoms with van der Waals surface area (Å²) >= 11 is 0. The second-order valence-corrected chi connectivity index (χ2v) is 4.47. The minimum Gasteiger partial charge on any atom is -0.508 e. The SMILES string of the molecule is C=CCN1C(=O)C(C)(C)Oc2ccc(O)cc21. The van der Waals surface area contributed by atoms with Crippen molar-refractivity contribution in [2.75, 3.05) is 11.4 Å². The van der Waals surface area contributed by atoms with Gasteiger partial charge in [0.15, 0.2) is 5.60 Å². The third-order valence-corrected chi connectivity index (χ3v) is 2.67. The Hall–Kier alpha value is -1.97. The molecule has 1 heterocycles. The largest absolute Gasteiger partial charge is 0.508 e. The number of carbonyl (C=O) groups is 1. The summed E-state index contributed by atoms with van der Waals surface area (Å²) in [7, 11) is 0. The molecule has 0 spiro atoms. The monoisotopic (exact) mass is 233 g/mol. The van der Waals surface area contributed by atoms with Crippen molar-refractivity contribution < 1.29 is 14.6 Å². The first-order valence-corrected chi connectivity index (χ1v) is 5.40. The zero-order valence-electron chi connectivity index (χ0n) is 9.93. The standard InChI is InChI=1S/C13H15NO3/c1-4-7-14-10-8-9(15)5-6-11(10)17-13(2,3)12(14)16/h4-6,8,15H,1,7H2,2-3H3. The molecular formula is C13H15NO3. The van der Waals surface area contributed by atoms with E-state index >= 15 is 0 Å². The molecular weight excluding hydrogens is 218 g/mol. The highest BCUT2D eigenvalue weighted by Gasteiger charge is 2.40. The Morgan fingerprint density at radius 2 is 2.24 bits per heavy atom. The third kappa shape index (κ3) is 1.86. The number of nitrogens with zero attached hydrogens (tertiary/aromatic N) is 1. The van der Waals surface area contributed by atoms with Gasteiger partial charge in [-0.3, -0.25) is 4.79 Å². The topological polar surface area (TPSA) is 49.8 Å². The summed E-state index contributed by atoms with van der Waals surface area (Å²) in [5.74, 6) is 0.554. The van der Waals surface area contributed by atoms with E-state index in [-0.39, 0.29) is 11.7 Å². The minimum absolute atomic E-state index is 0.105. The van der Waals surface area contributed by atoms with Crippen LogP contribution in [0.25, 0.3) is 0 Å². The average molecular weight is 233 g/mol. The fourth-order valence-electron chi connectivity index (χ4n) is 1.87. The lowest BCUT2D eigenvalue weighted by molar-refractivity contribution is -0.132. The van der Waals surface area contributed by atoms with E-state index in [1.807, 2.05) is 0 Å². The number of anilines is 1. The molecule has 0 unspecified atom stereocenters. The second kappa shape index (κ2) is 3.80. The summed E-state index contributed by atoms with van der Waals surface area (Å²) in [5, 5.41) is 9.47. The minimum atomic E-state index is -0.896. The third-order valence-electron chi connectivity index (χ3n) is 2.67. The van der Waals surface area contributed by atoms with E-state index in [0.717, 1.165) is 0 Å². The molecule has 0 atom stereocenters. The average Bonchev–Trinajstić information content (AvgIpc) is 2.26. The van der Waals surface area contributed by atoms with E-state index in [1.54, 1.807) is 30.9 Å². The zero-order valence-corrected chi connectivity index (χ0v) is 9.93. The normalized spacial score (nSPS) is 17.3. The van der Waals surface area contributed by atoms with Crippen LogP contribution in [0.1, 0.15) is 13.8 Å². The molecule has 1 aromatic carbocycles. The van der Waals surface area contributed by atoms with Crippen LogP contribution in [-0.4, -0.2) is 23.2 Å². The molecule has 90 valence electrons. The number of phenolic OH excluding ortho intramolecular Hbond substituents is 1. The van der Waals surface area contributed by atoms with Gasteiger partial charge < -0.3 is 14.7 Å². The number of benzene rings is 1. The van der Waals surface area contributed by atoms with Crippen LogP contribution >= 0.6 is 0 Å². The molecule has 0 bridgehead atoms. The van der Waals surface area contributed by atoms with Crippen LogP contribution in [-0.2, 0) is 4.79 Å². The summed E-state index contributed by atoms with van der Waals surface area (Å²) < 4.78 is 5.63. The number of aromatic hydroxyl groups is 1. The van der Waals surface area contributed by atoms with Crippen molar-refractivity contribution in [1.82, 2.24) is 0 Å². The summed E-state index contributed by atoms with van der Waals surface area (Å²) in [6.07, 6.45) is 1.65. The first kappa shape index (κ1) is 11.5. The Morgan fingerprint density at radius 1 is 1.53 bits per heavy atom. The maximum Gasteiger partial charge on any atom is 0.270 e. The Morgan fingerprint density at radius 3 is 2.88 bits per heavy atom. The summed E-state index contributed by atoms with van der Waals surface area (Å²) in [6.45, 7) is 7.47. The summed E-state index contributed by atoms with van der Waals surface area (Å²) in [4.78, 5) is 13.7. The molecule has 2 rings (SSSR count). The number of phenols is 1. The van der Waals surface area contributed by atoms with Gasteiger partial charge in [0.05, 0.1) is 5.69 Å². The van der Waals surface area contributed by atoms with Crippen molar-refractivity contribution >= 4 is 11.6 Å². The lowest BCUT2D eigenvalue weighted by Crippen LogP contribution is -2.52. The Labute approximate surface area is 100 Å². The van der Waals surface area contributed by atoms with Crippen LogP contribution in [0.3, 0.4) is 0 Å². The van der Waals surface area contributed by atoms with Gasteiger partial charge >= 0.3 is 0 Å². The summed E-state index contributed by atoms with van der Waals surface area (Å²) in [5.41, 5.74) is -0.318. The molecule has 0 aliphatic carbocycles. The molecule has 1 N–H and O–H groups in total. The molecule has 0 saturated heterocycles. The van der Waals surface area contributed by atoms with Crippen LogP contribution in [0.4, 0.5) is 5.69 Å². The molecule has 1 aliphatic rings. The Bertz CT molecular complexity index is 480. The van der Waals surface area contributed by atoms with Crippen molar-refractivity contribution in [2.45, 2.75) is 19.4 Å². The number of hydrogen-bond acceptors (Lipinski definition) is 3. The van der Waals surface area contributed by atoms with Gasteiger partial charge in [0.1, 0.15) is 11.5 Å². The summed E-state index contributed by atoms with van der Waals surface area (Å²) in [6, 6.07) is 4.72. The van der Waals surface area contributed by atoms with E-state index in [1.165, 1.54) is 12.1 Å². The van der Waals surface area contributed by atoms with Gasteiger partial charge in [-0.15, -0.1) is 6.58 Å². The number of rotatable bonds is 2. The highest BCUT2D eigenvalue weighted by atomic mass is 16.5. The van der Waals surface area contributed by atoms with Crippen LogP contribution < -0.4 is 9.64 Å². The van der Waals surface area contributed by atoms with E-state index in [4.69, 9.17) is 4.74 Å². The lowest BCUT2D eigenvalue weighted by Gasteiger charge is -2.38. The van der Waals surface area contributed by atoms with Gasteiger partial charge in [-0.2, -0.15) is 0 Å². The number of amides is 1. The van der Waals surface area contributed by atoms with Gasteiger partial charge in [0, 0.05) is 12.6 Å². The van der Waals surface area contributed by atoms with Crippen LogP contribution in [0.2, 0.25) is 0 Å². The zero-order chi connectivity index (χ0) is 12.6. The Kier molecular flexibility index (Phi) is 2.58. The fourth-order valence-corrected chi connectivity index (χ4v) is 1.87. The number of ether oxygens (including phenoxy) is 1. The molecule has 0 saturated carbocycles. The van der Waals surface area contributed by atoms with Gasteiger partial charge in [-0.05, 0) is 26.0 Å². The first-order chi connectivity index (χ1) is 7.95. The lowest BCUT2D eigenvalue weighted by atomic mass is 10.0. The number of hydrogen-bond donors (Lipinski definition) is 1. The predicted octanol–water partition coefficient (Wildman–Crippen LogP) is 2.08. The van der Waals surface area contributed by atoms with E-state index < -0.39 is 5.60 Å². The molecule has 4 nitrogen and oxygen atoms in total. The molecule has 17 heavy (non-hydrogen) atoms. The van der Waals surface area contributed by atoms with Crippen molar-refractivity contribution in [3.63, 3.8) is 0 Å².